The lowest BCUT2D eigenvalue weighted by molar-refractivity contribution is 0.00712. The number of hydrogen-bond donors (Lipinski definition) is 2. The van der Waals surface area contributed by atoms with Gasteiger partial charge in [0.2, 0.25) is 0 Å². The first-order valence-electron chi connectivity index (χ1n) is 9.08. The molecule has 0 amide bonds. The van der Waals surface area contributed by atoms with Crippen molar-refractivity contribution in [3.8, 4) is 0 Å². The zero-order valence-electron chi connectivity index (χ0n) is 13.9. The molecule has 0 spiro atoms. The highest BCUT2D eigenvalue weighted by atomic mass is 16.3. The van der Waals surface area contributed by atoms with Gasteiger partial charge in [0.05, 0.1) is 12.2 Å². The molecule has 0 rings (SSSR count). The van der Waals surface area contributed by atoms with Gasteiger partial charge in [-0.15, -0.1) is 0 Å². The molecule has 0 fully saturated rings. The fourth-order valence-corrected chi connectivity index (χ4v) is 2.65. The fraction of sp³-hybridized carbons (Fsp3) is 1.00. The van der Waals surface area contributed by atoms with Crippen LogP contribution >= 0.6 is 0 Å². The van der Waals surface area contributed by atoms with Crippen molar-refractivity contribution in [2.45, 2.75) is 116 Å². The molecule has 2 heteroatoms. The summed E-state index contributed by atoms with van der Waals surface area (Å²) in [5.41, 5.74) is 0. The molecular formula is C18H38O2. The summed E-state index contributed by atoms with van der Waals surface area (Å²) in [5, 5.41) is 19.8. The van der Waals surface area contributed by atoms with Gasteiger partial charge in [-0.1, -0.05) is 90.9 Å². The van der Waals surface area contributed by atoms with Crippen molar-refractivity contribution < 1.29 is 10.2 Å². The van der Waals surface area contributed by atoms with Crippen LogP contribution in [0.15, 0.2) is 0 Å². The van der Waals surface area contributed by atoms with Crippen LogP contribution in [0.2, 0.25) is 0 Å². The van der Waals surface area contributed by atoms with E-state index in [1.807, 2.05) is 0 Å². The monoisotopic (exact) mass is 286 g/mol. The van der Waals surface area contributed by atoms with E-state index in [1.165, 1.54) is 64.2 Å². The van der Waals surface area contributed by atoms with E-state index in [4.69, 9.17) is 0 Å². The summed E-state index contributed by atoms with van der Waals surface area (Å²) < 4.78 is 0. The van der Waals surface area contributed by atoms with Crippen LogP contribution in [0.3, 0.4) is 0 Å². The lowest BCUT2D eigenvalue weighted by atomic mass is 10.00. The summed E-state index contributed by atoms with van der Waals surface area (Å²) in [4.78, 5) is 0. The molecule has 0 bridgehead atoms. The van der Waals surface area contributed by atoms with Crippen molar-refractivity contribution in [2.24, 2.45) is 0 Å². The van der Waals surface area contributed by atoms with Crippen LogP contribution in [0.4, 0.5) is 0 Å². The second-order valence-electron chi connectivity index (χ2n) is 6.25. The number of aliphatic hydroxyl groups is 2. The Labute approximate surface area is 127 Å². The van der Waals surface area contributed by atoms with Crippen molar-refractivity contribution in [1.29, 1.82) is 0 Å². The number of unbranched alkanes of at least 4 members (excludes halogenated alkanes) is 10. The summed E-state index contributed by atoms with van der Waals surface area (Å²) in [6, 6.07) is 0. The quantitative estimate of drug-likeness (QED) is 0.406. The molecule has 0 heterocycles. The van der Waals surface area contributed by atoms with Gasteiger partial charge in [0.1, 0.15) is 0 Å². The van der Waals surface area contributed by atoms with Gasteiger partial charge in [-0.05, 0) is 12.8 Å². The molecule has 0 aromatic rings. The maximum Gasteiger partial charge on any atom is 0.0799 e. The molecule has 0 unspecified atom stereocenters. The average molecular weight is 286 g/mol. The second-order valence-corrected chi connectivity index (χ2v) is 6.25. The van der Waals surface area contributed by atoms with E-state index in [0.29, 0.717) is 0 Å². The first-order valence-corrected chi connectivity index (χ1v) is 9.08. The minimum absolute atomic E-state index is 0.503. The molecule has 0 saturated heterocycles. The molecule has 0 radical (unpaired) electrons. The number of aliphatic hydroxyl groups excluding tert-OH is 2. The van der Waals surface area contributed by atoms with Gasteiger partial charge in [0.25, 0.3) is 0 Å². The molecule has 0 aromatic heterocycles. The van der Waals surface area contributed by atoms with Crippen molar-refractivity contribution in [1.82, 2.24) is 0 Å². The van der Waals surface area contributed by atoms with E-state index in [0.717, 1.165) is 25.7 Å². The van der Waals surface area contributed by atoms with Crippen LogP contribution in [0, 0.1) is 0 Å². The minimum atomic E-state index is -0.503. The first-order chi connectivity index (χ1) is 9.72. The van der Waals surface area contributed by atoms with E-state index in [-0.39, 0.29) is 0 Å². The third-order valence-corrected chi connectivity index (χ3v) is 4.15. The van der Waals surface area contributed by atoms with Crippen LogP contribution in [0.1, 0.15) is 104 Å². The normalized spacial score (nSPS) is 14.4. The highest BCUT2D eigenvalue weighted by molar-refractivity contribution is 4.67. The molecule has 0 aliphatic rings. The smallest absolute Gasteiger partial charge is 0.0799 e. The Kier molecular flexibility index (Phi) is 15.3. The molecule has 0 aliphatic carbocycles. The zero-order valence-corrected chi connectivity index (χ0v) is 13.9. The lowest BCUT2D eigenvalue weighted by Gasteiger charge is -2.17. The molecular weight excluding hydrogens is 248 g/mol. The van der Waals surface area contributed by atoms with Crippen LogP contribution in [0.5, 0.6) is 0 Å². The Balaban J connectivity index is 3.35. The average Bonchev–Trinajstić information content (AvgIpc) is 2.45. The van der Waals surface area contributed by atoms with Gasteiger partial charge in [-0.25, -0.2) is 0 Å². The second kappa shape index (κ2) is 15.3. The molecule has 2 N–H and O–H groups in total. The van der Waals surface area contributed by atoms with E-state index in [1.54, 1.807) is 0 Å². The van der Waals surface area contributed by atoms with Gasteiger partial charge in [0.15, 0.2) is 0 Å². The van der Waals surface area contributed by atoms with Crippen molar-refractivity contribution in [3.05, 3.63) is 0 Å². The van der Waals surface area contributed by atoms with Gasteiger partial charge >= 0.3 is 0 Å². The topological polar surface area (TPSA) is 40.5 Å². The SMILES string of the molecule is CCCCCCCC[C@@H](O)[C@@H](O)CCCCCCCC. The van der Waals surface area contributed by atoms with Gasteiger partial charge in [-0.3, -0.25) is 0 Å². The van der Waals surface area contributed by atoms with Crippen LogP contribution in [0.25, 0.3) is 0 Å². The van der Waals surface area contributed by atoms with Gasteiger partial charge in [-0.2, -0.15) is 0 Å². The summed E-state index contributed by atoms with van der Waals surface area (Å²) in [7, 11) is 0. The van der Waals surface area contributed by atoms with E-state index in [9.17, 15) is 10.2 Å². The highest BCUT2D eigenvalue weighted by Gasteiger charge is 2.14. The van der Waals surface area contributed by atoms with Gasteiger partial charge < -0.3 is 10.2 Å². The zero-order chi connectivity index (χ0) is 15.1. The van der Waals surface area contributed by atoms with Gasteiger partial charge in [0, 0.05) is 0 Å². The third kappa shape index (κ3) is 12.9. The maximum atomic E-state index is 9.91. The van der Waals surface area contributed by atoms with E-state index >= 15 is 0 Å². The Morgan fingerprint density at radius 2 is 0.800 bits per heavy atom. The summed E-state index contributed by atoms with van der Waals surface area (Å²) >= 11 is 0. The van der Waals surface area contributed by atoms with Crippen molar-refractivity contribution in [2.75, 3.05) is 0 Å². The molecule has 122 valence electrons. The Bertz CT molecular complexity index is 162. The fourth-order valence-electron chi connectivity index (χ4n) is 2.65. The lowest BCUT2D eigenvalue weighted by Crippen LogP contribution is -2.25. The Morgan fingerprint density at radius 3 is 1.15 bits per heavy atom. The molecule has 2 atom stereocenters. The van der Waals surface area contributed by atoms with E-state index < -0.39 is 12.2 Å². The van der Waals surface area contributed by atoms with Crippen molar-refractivity contribution in [3.63, 3.8) is 0 Å². The first kappa shape index (κ1) is 19.9. The number of hydrogen-bond acceptors (Lipinski definition) is 2. The predicted octanol–water partition coefficient (Wildman–Crippen LogP) is 5.21. The largest absolute Gasteiger partial charge is 0.390 e. The molecule has 2 nitrogen and oxygen atoms in total. The molecule has 0 aliphatic heterocycles. The molecule has 0 saturated carbocycles. The minimum Gasteiger partial charge on any atom is -0.390 e. The van der Waals surface area contributed by atoms with Crippen molar-refractivity contribution >= 4 is 0 Å². The maximum absolute atomic E-state index is 9.91. The third-order valence-electron chi connectivity index (χ3n) is 4.15. The Hall–Kier alpha value is -0.0800. The van der Waals surface area contributed by atoms with Crippen LogP contribution in [-0.2, 0) is 0 Å². The van der Waals surface area contributed by atoms with Crippen LogP contribution < -0.4 is 0 Å². The molecule has 20 heavy (non-hydrogen) atoms. The summed E-state index contributed by atoms with van der Waals surface area (Å²) in [6.45, 7) is 4.45. The molecule has 0 aromatic carbocycles. The standard InChI is InChI=1S/C18H38O2/c1-3-5-7-9-11-13-15-17(19)18(20)16-14-12-10-8-6-4-2/h17-20H,3-16H2,1-2H3/t17-,18+. The number of rotatable bonds is 15. The Morgan fingerprint density at radius 1 is 0.500 bits per heavy atom. The van der Waals surface area contributed by atoms with E-state index in [2.05, 4.69) is 13.8 Å². The van der Waals surface area contributed by atoms with Crippen LogP contribution in [-0.4, -0.2) is 22.4 Å². The summed E-state index contributed by atoms with van der Waals surface area (Å²) in [6.07, 6.45) is 15.4. The highest BCUT2D eigenvalue weighted by Crippen LogP contribution is 2.14. The summed E-state index contributed by atoms with van der Waals surface area (Å²) in [5.74, 6) is 0. The predicted molar refractivity (Wildman–Crippen MR) is 88.0 cm³/mol.